The molecule has 3 aromatic rings. The molecule has 7 nitrogen and oxygen atoms in total. The fourth-order valence-electron chi connectivity index (χ4n) is 3.84. The third kappa shape index (κ3) is 5.06. The summed E-state index contributed by atoms with van der Waals surface area (Å²) in [7, 11) is 0. The molecule has 0 spiro atoms. The molecule has 0 bridgehead atoms. The van der Waals surface area contributed by atoms with Gasteiger partial charge in [-0.2, -0.15) is 5.10 Å². The molecule has 1 aliphatic heterocycles. The normalized spacial score (nSPS) is 13.2. The minimum absolute atomic E-state index is 0.300. The van der Waals surface area contributed by atoms with Crippen molar-refractivity contribution in [3.63, 3.8) is 0 Å². The maximum absolute atomic E-state index is 12.6. The van der Waals surface area contributed by atoms with Crippen LogP contribution in [0.3, 0.4) is 0 Å². The molecule has 0 saturated heterocycles. The van der Waals surface area contributed by atoms with E-state index in [-0.39, 0.29) is 5.97 Å². The number of rotatable bonds is 8. The van der Waals surface area contributed by atoms with E-state index in [0.29, 0.717) is 25.1 Å². The zero-order chi connectivity index (χ0) is 22.3. The standard InChI is InChI=1S/C25H27N5O2/c1-2-32-25(31)23-17-30(15-20-5-3-4-19(12-20)14-29-26)16-22(23)13-18-6-8-21(9-7-18)24-27-10-11-28-24/h3-9,12,14,16-17H,2,10-11,13,15,26H2,1H3,(H,27,28). The fraction of sp³-hybridized carbons (Fsp3) is 0.240. The van der Waals surface area contributed by atoms with E-state index < -0.39 is 0 Å². The van der Waals surface area contributed by atoms with Crippen LogP contribution in [-0.2, 0) is 17.7 Å². The largest absolute Gasteiger partial charge is 0.462 e. The lowest BCUT2D eigenvalue weighted by Crippen LogP contribution is -2.19. The highest BCUT2D eigenvalue weighted by Gasteiger charge is 2.17. The molecule has 0 unspecified atom stereocenters. The predicted octanol–water partition coefficient (Wildman–Crippen LogP) is 2.95. The molecule has 0 atom stereocenters. The highest BCUT2D eigenvalue weighted by Crippen LogP contribution is 2.19. The molecule has 164 valence electrons. The fourth-order valence-corrected chi connectivity index (χ4v) is 3.84. The van der Waals surface area contributed by atoms with Crippen molar-refractivity contribution in [3.05, 3.63) is 94.3 Å². The first-order chi connectivity index (χ1) is 15.7. The Balaban J connectivity index is 1.57. The van der Waals surface area contributed by atoms with Gasteiger partial charge in [0.25, 0.3) is 0 Å². The highest BCUT2D eigenvalue weighted by atomic mass is 16.5. The van der Waals surface area contributed by atoms with Crippen LogP contribution in [0.15, 0.2) is 71.0 Å². The second-order valence-electron chi connectivity index (χ2n) is 7.64. The number of nitrogens with zero attached hydrogens (tertiary/aromatic N) is 3. The number of hydrogen-bond donors (Lipinski definition) is 2. The smallest absolute Gasteiger partial charge is 0.339 e. The van der Waals surface area contributed by atoms with Crippen molar-refractivity contribution in [1.82, 2.24) is 9.88 Å². The Hall–Kier alpha value is -3.87. The number of aromatic nitrogens is 1. The first-order valence-electron chi connectivity index (χ1n) is 10.7. The summed E-state index contributed by atoms with van der Waals surface area (Å²) in [4.78, 5) is 17.1. The molecule has 1 aromatic heterocycles. The van der Waals surface area contributed by atoms with E-state index in [1.54, 1.807) is 6.21 Å². The number of amidine groups is 1. The summed E-state index contributed by atoms with van der Waals surface area (Å²) in [6, 6.07) is 16.3. The predicted molar refractivity (Wildman–Crippen MR) is 126 cm³/mol. The number of nitrogens with two attached hydrogens (primary N) is 1. The van der Waals surface area contributed by atoms with Gasteiger partial charge < -0.3 is 20.5 Å². The molecule has 7 heteroatoms. The Kier molecular flexibility index (Phi) is 6.65. The minimum atomic E-state index is -0.300. The van der Waals surface area contributed by atoms with Crippen molar-refractivity contribution >= 4 is 18.0 Å². The van der Waals surface area contributed by atoms with Gasteiger partial charge in [-0.1, -0.05) is 42.5 Å². The molecule has 1 aliphatic rings. The molecule has 32 heavy (non-hydrogen) atoms. The SMILES string of the molecule is CCOC(=O)c1cn(Cc2cccc(C=NN)c2)cc1Cc1ccc(C2=NCCN2)cc1. The number of hydrazone groups is 1. The quantitative estimate of drug-likeness (QED) is 0.249. The molecule has 0 amide bonds. The van der Waals surface area contributed by atoms with Crippen LogP contribution >= 0.6 is 0 Å². The lowest BCUT2D eigenvalue weighted by Gasteiger charge is -2.06. The van der Waals surface area contributed by atoms with Gasteiger partial charge in [-0.15, -0.1) is 0 Å². The van der Waals surface area contributed by atoms with Gasteiger partial charge in [-0.05, 0) is 41.7 Å². The van der Waals surface area contributed by atoms with Gasteiger partial charge in [0, 0.05) is 31.0 Å². The molecular formula is C25H27N5O2. The monoisotopic (exact) mass is 429 g/mol. The number of benzene rings is 2. The van der Waals surface area contributed by atoms with Crippen LogP contribution in [0, 0.1) is 0 Å². The summed E-state index contributed by atoms with van der Waals surface area (Å²) in [6.45, 7) is 4.49. The van der Waals surface area contributed by atoms with Gasteiger partial charge in [-0.25, -0.2) is 4.79 Å². The highest BCUT2D eigenvalue weighted by molar-refractivity contribution is 5.99. The van der Waals surface area contributed by atoms with Crippen LogP contribution in [0.4, 0.5) is 0 Å². The number of aliphatic imine (C=N–C) groups is 1. The molecule has 0 fully saturated rings. The number of esters is 1. The van der Waals surface area contributed by atoms with Gasteiger partial charge in [0.1, 0.15) is 5.84 Å². The van der Waals surface area contributed by atoms with Gasteiger partial charge in [-0.3, -0.25) is 4.99 Å². The van der Waals surface area contributed by atoms with Crippen molar-refractivity contribution in [2.45, 2.75) is 19.9 Å². The summed E-state index contributed by atoms with van der Waals surface area (Å²) in [5.74, 6) is 5.91. The first-order valence-corrected chi connectivity index (χ1v) is 10.7. The Morgan fingerprint density at radius 1 is 1.22 bits per heavy atom. The number of carbonyl (C=O) groups excluding carboxylic acids is 1. The van der Waals surface area contributed by atoms with E-state index in [2.05, 4.69) is 39.7 Å². The van der Waals surface area contributed by atoms with Crippen LogP contribution in [0.5, 0.6) is 0 Å². The Morgan fingerprint density at radius 3 is 2.78 bits per heavy atom. The maximum atomic E-state index is 12.6. The molecule has 0 aliphatic carbocycles. The summed E-state index contributed by atoms with van der Waals surface area (Å²) in [6.07, 6.45) is 6.14. The van der Waals surface area contributed by atoms with E-state index in [4.69, 9.17) is 10.6 Å². The van der Waals surface area contributed by atoms with Gasteiger partial charge >= 0.3 is 5.97 Å². The van der Waals surface area contributed by atoms with Crippen LogP contribution in [0.25, 0.3) is 0 Å². The van der Waals surface area contributed by atoms with Crippen molar-refractivity contribution in [2.75, 3.05) is 19.7 Å². The number of hydrogen-bond acceptors (Lipinski definition) is 6. The third-order valence-electron chi connectivity index (χ3n) is 5.29. The molecule has 3 N–H and O–H groups in total. The van der Waals surface area contributed by atoms with E-state index in [0.717, 1.165) is 46.7 Å². The lowest BCUT2D eigenvalue weighted by atomic mass is 10.0. The van der Waals surface area contributed by atoms with E-state index >= 15 is 0 Å². The summed E-state index contributed by atoms with van der Waals surface area (Å²) < 4.78 is 7.32. The molecule has 0 radical (unpaired) electrons. The van der Waals surface area contributed by atoms with Gasteiger partial charge in [0.15, 0.2) is 0 Å². The second-order valence-corrected chi connectivity index (χ2v) is 7.64. The average Bonchev–Trinajstić information content (AvgIpc) is 3.46. The molecule has 2 heterocycles. The van der Waals surface area contributed by atoms with E-state index in [9.17, 15) is 4.79 Å². The van der Waals surface area contributed by atoms with Crippen molar-refractivity contribution < 1.29 is 9.53 Å². The summed E-state index contributed by atoms with van der Waals surface area (Å²) in [5.41, 5.74) is 5.76. The van der Waals surface area contributed by atoms with Crippen molar-refractivity contribution in [2.24, 2.45) is 15.9 Å². The van der Waals surface area contributed by atoms with Crippen LogP contribution < -0.4 is 11.2 Å². The Morgan fingerprint density at radius 2 is 2.06 bits per heavy atom. The average molecular weight is 430 g/mol. The number of nitrogens with one attached hydrogen (secondary N) is 1. The van der Waals surface area contributed by atoms with Gasteiger partial charge in [0.05, 0.1) is 24.9 Å². The molecule has 2 aromatic carbocycles. The first kappa shape index (κ1) is 21.4. The van der Waals surface area contributed by atoms with E-state index in [1.165, 1.54) is 0 Å². The lowest BCUT2D eigenvalue weighted by molar-refractivity contribution is 0.0525. The van der Waals surface area contributed by atoms with E-state index in [1.807, 2.05) is 48.1 Å². The Bertz CT molecular complexity index is 1150. The van der Waals surface area contributed by atoms with Crippen molar-refractivity contribution in [3.8, 4) is 0 Å². The third-order valence-corrected chi connectivity index (χ3v) is 5.29. The molecule has 0 saturated carbocycles. The summed E-state index contributed by atoms with van der Waals surface area (Å²) >= 11 is 0. The van der Waals surface area contributed by atoms with Crippen LogP contribution in [0.2, 0.25) is 0 Å². The second kappa shape index (κ2) is 9.96. The molecular weight excluding hydrogens is 402 g/mol. The van der Waals surface area contributed by atoms with Crippen LogP contribution in [0.1, 0.15) is 45.1 Å². The maximum Gasteiger partial charge on any atom is 0.339 e. The zero-order valence-electron chi connectivity index (χ0n) is 18.1. The van der Waals surface area contributed by atoms with Crippen LogP contribution in [-0.4, -0.2) is 42.3 Å². The van der Waals surface area contributed by atoms with Crippen molar-refractivity contribution in [1.29, 1.82) is 0 Å². The minimum Gasteiger partial charge on any atom is -0.462 e. The summed E-state index contributed by atoms with van der Waals surface area (Å²) in [5, 5.41) is 6.88. The molecule has 4 rings (SSSR count). The zero-order valence-corrected chi connectivity index (χ0v) is 18.1. The Labute approximate surface area is 187 Å². The number of carbonyl (C=O) groups is 1. The van der Waals surface area contributed by atoms with Gasteiger partial charge in [0.2, 0.25) is 0 Å². The topological polar surface area (TPSA) is 94.0 Å². The number of ether oxygens (including phenoxy) is 1.